The van der Waals surface area contributed by atoms with Crippen LogP contribution < -0.4 is 4.74 Å². The van der Waals surface area contributed by atoms with Gasteiger partial charge >= 0.3 is 0 Å². The second kappa shape index (κ2) is 9.13. The second-order valence-electron chi connectivity index (χ2n) is 7.60. The van der Waals surface area contributed by atoms with Gasteiger partial charge in [-0.2, -0.15) is 0 Å². The molecule has 0 aliphatic carbocycles. The number of nitrogens with zero attached hydrogens (tertiary/aromatic N) is 3. The summed E-state index contributed by atoms with van der Waals surface area (Å²) in [7, 11) is 1.73. The van der Waals surface area contributed by atoms with E-state index in [2.05, 4.69) is 81.0 Å². The molecule has 4 rings (SSSR count). The standard InChI is InChI=1S/C24H26IN3O/c1-18-14-28(17-26-18)23-9-8-19(13-24(23)29-2)11-20-6-4-10-27(15-20)16-21-5-3-7-22(25)12-21/h3,5,7-9,11-14,17H,4,6,10,15-16H2,1-2H3/b20-11+. The molecule has 2 heterocycles. The van der Waals surface area contributed by atoms with Crippen LogP contribution in [0.15, 0.2) is 60.6 Å². The Hall–Kier alpha value is -2.12. The molecule has 1 aromatic heterocycles. The third-order valence-electron chi connectivity index (χ3n) is 5.26. The number of halogens is 1. The summed E-state index contributed by atoms with van der Waals surface area (Å²) in [6, 6.07) is 15.2. The molecular weight excluding hydrogens is 473 g/mol. The number of aromatic nitrogens is 2. The minimum absolute atomic E-state index is 0.864. The lowest BCUT2D eigenvalue weighted by molar-refractivity contribution is 0.259. The van der Waals surface area contributed by atoms with E-state index in [1.54, 1.807) is 7.11 Å². The predicted molar refractivity (Wildman–Crippen MR) is 127 cm³/mol. The number of aryl methyl sites for hydroxylation is 1. The van der Waals surface area contributed by atoms with E-state index in [1.807, 2.05) is 24.0 Å². The molecule has 1 saturated heterocycles. The van der Waals surface area contributed by atoms with Crippen molar-refractivity contribution in [3.05, 3.63) is 81.0 Å². The van der Waals surface area contributed by atoms with Crippen molar-refractivity contribution in [2.75, 3.05) is 20.2 Å². The third kappa shape index (κ3) is 5.08. The summed E-state index contributed by atoms with van der Waals surface area (Å²) < 4.78 is 8.97. The fourth-order valence-corrected chi connectivity index (χ4v) is 4.51. The average molecular weight is 499 g/mol. The fraction of sp³-hybridized carbons (Fsp3) is 0.292. The van der Waals surface area contributed by atoms with Crippen LogP contribution in [0.3, 0.4) is 0 Å². The summed E-state index contributed by atoms with van der Waals surface area (Å²) in [6.07, 6.45) is 8.54. The first-order valence-corrected chi connectivity index (χ1v) is 11.0. The van der Waals surface area contributed by atoms with Crippen LogP contribution in [-0.2, 0) is 6.54 Å². The van der Waals surface area contributed by atoms with Crippen LogP contribution in [-0.4, -0.2) is 34.7 Å². The van der Waals surface area contributed by atoms with Gasteiger partial charge in [-0.1, -0.05) is 29.8 Å². The van der Waals surface area contributed by atoms with Gasteiger partial charge in [-0.15, -0.1) is 0 Å². The number of rotatable bonds is 5. The number of methoxy groups -OCH3 is 1. The van der Waals surface area contributed by atoms with Crippen molar-refractivity contribution in [3.63, 3.8) is 0 Å². The fourth-order valence-electron chi connectivity index (χ4n) is 3.91. The Morgan fingerprint density at radius 3 is 2.86 bits per heavy atom. The van der Waals surface area contributed by atoms with E-state index in [0.717, 1.165) is 43.2 Å². The molecule has 0 radical (unpaired) electrons. The van der Waals surface area contributed by atoms with Crippen LogP contribution in [0.5, 0.6) is 5.75 Å². The molecule has 2 aromatic carbocycles. The lowest BCUT2D eigenvalue weighted by Crippen LogP contribution is -2.30. The molecule has 1 fully saturated rings. The van der Waals surface area contributed by atoms with Crippen LogP contribution in [0.25, 0.3) is 11.8 Å². The number of hydrogen-bond donors (Lipinski definition) is 0. The maximum atomic E-state index is 5.66. The predicted octanol–water partition coefficient (Wildman–Crippen LogP) is 5.47. The van der Waals surface area contributed by atoms with Gasteiger partial charge in [0.05, 0.1) is 24.8 Å². The smallest absolute Gasteiger partial charge is 0.143 e. The van der Waals surface area contributed by atoms with Gasteiger partial charge < -0.3 is 9.30 Å². The van der Waals surface area contributed by atoms with Crippen molar-refractivity contribution in [1.82, 2.24) is 14.5 Å². The molecule has 3 aromatic rings. The zero-order valence-electron chi connectivity index (χ0n) is 16.9. The Morgan fingerprint density at radius 2 is 2.10 bits per heavy atom. The highest BCUT2D eigenvalue weighted by Gasteiger charge is 2.15. The molecule has 150 valence electrons. The van der Waals surface area contributed by atoms with Crippen molar-refractivity contribution in [3.8, 4) is 11.4 Å². The Kier molecular flexibility index (Phi) is 6.35. The Balaban J connectivity index is 1.51. The molecule has 1 aliphatic rings. The molecular formula is C24H26IN3O. The van der Waals surface area contributed by atoms with E-state index in [-0.39, 0.29) is 0 Å². The largest absolute Gasteiger partial charge is 0.495 e. The molecule has 4 nitrogen and oxygen atoms in total. The Labute approximate surface area is 186 Å². The van der Waals surface area contributed by atoms with Crippen LogP contribution >= 0.6 is 22.6 Å². The second-order valence-corrected chi connectivity index (χ2v) is 8.85. The average Bonchev–Trinajstić information content (AvgIpc) is 3.14. The van der Waals surface area contributed by atoms with Gasteiger partial charge in [0, 0.05) is 22.9 Å². The zero-order valence-corrected chi connectivity index (χ0v) is 19.1. The van der Waals surface area contributed by atoms with Crippen LogP contribution in [0.2, 0.25) is 0 Å². The number of imidazole rings is 1. The maximum Gasteiger partial charge on any atom is 0.143 e. The SMILES string of the molecule is COc1cc(/C=C2\CCCN(Cc3cccc(I)c3)C2)ccc1-n1cnc(C)c1. The number of ether oxygens (including phenoxy) is 1. The molecule has 29 heavy (non-hydrogen) atoms. The van der Waals surface area contributed by atoms with Crippen LogP contribution in [0.4, 0.5) is 0 Å². The molecule has 0 atom stereocenters. The molecule has 0 spiro atoms. The minimum atomic E-state index is 0.864. The summed E-state index contributed by atoms with van der Waals surface area (Å²) in [5.41, 5.74) is 6.07. The van der Waals surface area contributed by atoms with Gasteiger partial charge in [-0.05, 0) is 84.3 Å². The summed E-state index contributed by atoms with van der Waals surface area (Å²) in [4.78, 5) is 6.86. The molecule has 0 unspecified atom stereocenters. The van der Waals surface area contributed by atoms with Gasteiger partial charge in [0.1, 0.15) is 5.75 Å². The number of benzene rings is 2. The van der Waals surface area contributed by atoms with Gasteiger partial charge in [-0.25, -0.2) is 4.98 Å². The molecule has 0 amide bonds. The summed E-state index contributed by atoms with van der Waals surface area (Å²) in [6.45, 7) is 5.19. The van der Waals surface area contributed by atoms with Crippen LogP contribution in [0, 0.1) is 10.5 Å². The van der Waals surface area contributed by atoms with Gasteiger partial charge in [-0.3, -0.25) is 4.90 Å². The number of piperidine rings is 1. The highest BCUT2D eigenvalue weighted by molar-refractivity contribution is 14.1. The van der Waals surface area contributed by atoms with E-state index in [1.165, 1.54) is 26.7 Å². The number of likely N-dealkylation sites (tertiary alicyclic amines) is 1. The Morgan fingerprint density at radius 1 is 1.21 bits per heavy atom. The van der Waals surface area contributed by atoms with E-state index < -0.39 is 0 Å². The third-order valence-corrected chi connectivity index (χ3v) is 5.93. The monoisotopic (exact) mass is 499 g/mol. The van der Waals surface area contributed by atoms with E-state index in [4.69, 9.17) is 4.74 Å². The highest BCUT2D eigenvalue weighted by atomic mass is 127. The summed E-state index contributed by atoms with van der Waals surface area (Å²) in [5, 5.41) is 0. The highest BCUT2D eigenvalue weighted by Crippen LogP contribution is 2.27. The van der Waals surface area contributed by atoms with Gasteiger partial charge in [0.2, 0.25) is 0 Å². The van der Waals surface area contributed by atoms with Crippen molar-refractivity contribution >= 4 is 28.7 Å². The quantitative estimate of drug-likeness (QED) is 0.436. The first-order chi connectivity index (χ1) is 14.1. The van der Waals surface area contributed by atoms with Gasteiger partial charge in [0.25, 0.3) is 0 Å². The van der Waals surface area contributed by atoms with Crippen molar-refractivity contribution in [2.45, 2.75) is 26.3 Å². The number of hydrogen-bond acceptors (Lipinski definition) is 3. The van der Waals surface area contributed by atoms with E-state index >= 15 is 0 Å². The van der Waals surface area contributed by atoms with Crippen molar-refractivity contribution < 1.29 is 4.74 Å². The first kappa shape index (κ1) is 20.2. The maximum absolute atomic E-state index is 5.66. The van der Waals surface area contributed by atoms with Crippen molar-refractivity contribution in [1.29, 1.82) is 0 Å². The first-order valence-electron chi connectivity index (χ1n) is 9.96. The molecule has 0 N–H and O–H groups in total. The summed E-state index contributed by atoms with van der Waals surface area (Å²) >= 11 is 2.39. The van der Waals surface area contributed by atoms with Crippen LogP contribution in [0.1, 0.15) is 29.7 Å². The van der Waals surface area contributed by atoms with E-state index in [9.17, 15) is 0 Å². The summed E-state index contributed by atoms with van der Waals surface area (Å²) in [5.74, 6) is 0.864. The lowest BCUT2D eigenvalue weighted by atomic mass is 10.0. The zero-order chi connectivity index (χ0) is 20.2. The van der Waals surface area contributed by atoms with Crippen molar-refractivity contribution in [2.24, 2.45) is 0 Å². The topological polar surface area (TPSA) is 30.3 Å². The molecule has 5 heteroatoms. The van der Waals surface area contributed by atoms with E-state index in [0.29, 0.717) is 0 Å². The lowest BCUT2D eigenvalue weighted by Gasteiger charge is -2.29. The normalized spacial score (nSPS) is 16.3. The molecule has 1 aliphatic heterocycles. The minimum Gasteiger partial charge on any atom is -0.495 e. The van der Waals surface area contributed by atoms with Gasteiger partial charge in [0.15, 0.2) is 0 Å². The molecule has 0 saturated carbocycles. The molecule has 0 bridgehead atoms. The Bertz CT molecular complexity index is 1020.